The first-order valence-corrected chi connectivity index (χ1v) is 11.9. The molecule has 32 heavy (non-hydrogen) atoms. The summed E-state index contributed by atoms with van der Waals surface area (Å²) in [5, 5.41) is 13.0. The Morgan fingerprint density at radius 2 is 2.09 bits per heavy atom. The molecule has 2 aromatic carbocycles. The molecule has 1 heterocycles. The van der Waals surface area contributed by atoms with Crippen molar-refractivity contribution in [2.75, 3.05) is 11.4 Å². The van der Waals surface area contributed by atoms with Crippen molar-refractivity contribution in [2.45, 2.75) is 45.6 Å². The van der Waals surface area contributed by atoms with E-state index in [2.05, 4.69) is 29.3 Å². The third-order valence-corrected chi connectivity index (χ3v) is 6.81. The number of halogens is 3. The molecule has 6 heteroatoms. The number of fused-ring (bicyclic) bond motifs is 1. The van der Waals surface area contributed by atoms with Gasteiger partial charge in [0.15, 0.2) is 0 Å². The Kier molecular flexibility index (Phi) is 7.34. The number of hydrogen-bond donors (Lipinski definition) is 2. The van der Waals surface area contributed by atoms with E-state index in [0.29, 0.717) is 23.9 Å². The van der Waals surface area contributed by atoms with Crippen LogP contribution in [0, 0.1) is 17.1 Å². The molecule has 2 aliphatic rings. The van der Waals surface area contributed by atoms with Crippen LogP contribution in [0.3, 0.4) is 0 Å². The molecular weight excluding hydrogens is 444 g/mol. The van der Waals surface area contributed by atoms with E-state index in [-0.39, 0.29) is 16.8 Å². The summed E-state index contributed by atoms with van der Waals surface area (Å²) in [4.78, 5) is 2.11. The average Bonchev–Trinajstić information content (AvgIpc) is 2.95. The van der Waals surface area contributed by atoms with Gasteiger partial charge in [-0.3, -0.25) is 5.41 Å². The maximum absolute atomic E-state index is 14.0. The summed E-state index contributed by atoms with van der Waals surface area (Å²) >= 11 is 12.5. The number of benzene rings is 2. The van der Waals surface area contributed by atoms with Crippen molar-refractivity contribution in [3.63, 3.8) is 0 Å². The van der Waals surface area contributed by atoms with Crippen molar-refractivity contribution in [3.05, 3.63) is 81.2 Å². The van der Waals surface area contributed by atoms with Crippen molar-refractivity contribution in [3.8, 4) is 0 Å². The summed E-state index contributed by atoms with van der Waals surface area (Å²) in [5.74, 6) is 0.437. The second kappa shape index (κ2) is 10.2. The zero-order valence-corrected chi connectivity index (χ0v) is 19.7. The van der Waals surface area contributed by atoms with E-state index in [1.807, 2.05) is 24.3 Å². The standard InChI is InChI=1S/C26H28Cl2FN3/c1-2-3-7-23(32-24-13-12-20(27)14-19(24)15-31-16-25(32)30)18-10-8-17(9-11-18)21-5-4-6-22(29)26(21)28/h4-8,12-14,18,30-31H,2-3,9-11,15-16H2,1H3/b23-7+,30-25?. The van der Waals surface area contributed by atoms with Crippen molar-refractivity contribution in [1.29, 1.82) is 5.41 Å². The molecule has 0 radical (unpaired) electrons. The highest BCUT2D eigenvalue weighted by molar-refractivity contribution is 6.32. The first-order valence-electron chi connectivity index (χ1n) is 11.2. The number of nitrogens with one attached hydrogen (secondary N) is 2. The number of unbranched alkanes of at least 4 members (excludes halogenated alkanes) is 1. The van der Waals surface area contributed by atoms with E-state index in [4.69, 9.17) is 28.6 Å². The predicted octanol–water partition coefficient (Wildman–Crippen LogP) is 7.59. The lowest BCUT2D eigenvalue weighted by molar-refractivity contribution is 0.549. The Bertz CT molecular complexity index is 1080. The van der Waals surface area contributed by atoms with E-state index < -0.39 is 0 Å². The van der Waals surface area contributed by atoms with Gasteiger partial charge in [-0.05, 0) is 66.6 Å². The second-order valence-electron chi connectivity index (χ2n) is 8.38. The Morgan fingerprint density at radius 3 is 2.84 bits per heavy atom. The highest BCUT2D eigenvalue weighted by Gasteiger charge is 2.29. The minimum atomic E-state index is -0.378. The highest BCUT2D eigenvalue weighted by Crippen LogP contribution is 2.40. The lowest BCUT2D eigenvalue weighted by Crippen LogP contribution is -2.37. The Labute approximate surface area is 199 Å². The molecule has 0 saturated carbocycles. The molecule has 3 nitrogen and oxygen atoms in total. The van der Waals surface area contributed by atoms with Crippen molar-refractivity contribution in [1.82, 2.24) is 5.32 Å². The fourth-order valence-corrected chi connectivity index (χ4v) is 5.02. The average molecular weight is 472 g/mol. The van der Waals surface area contributed by atoms with Crippen LogP contribution >= 0.6 is 23.2 Å². The molecule has 0 aromatic heterocycles. The number of allylic oxidation sites excluding steroid dienone is 4. The highest BCUT2D eigenvalue weighted by atomic mass is 35.5. The van der Waals surface area contributed by atoms with E-state index in [1.54, 1.807) is 6.07 Å². The Balaban J connectivity index is 1.68. The third-order valence-electron chi connectivity index (χ3n) is 6.19. The minimum Gasteiger partial charge on any atom is -0.306 e. The molecule has 2 aromatic rings. The molecule has 1 aliphatic carbocycles. The van der Waals surface area contributed by atoms with Crippen LogP contribution in [0.4, 0.5) is 10.1 Å². The van der Waals surface area contributed by atoms with Crippen LogP contribution in [-0.2, 0) is 6.54 Å². The number of anilines is 1. The van der Waals surface area contributed by atoms with Crippen molar-refractivity contribution < 1.29 is 4.39 Å². The number of nitrogens with zero attached hydrogens (tertiary/aromatic N) is 1. The Morgan fingerprint density at radius 1 is 1.25 bits per heavy atom. The van der Waals surface area contributed by atoms with Crippen LogP contribution in [0.15, 0.2) is 54.2 Å². The van der Waals surface area contributed by atoms with Crippen LogP contribution < -0.4 is 10.2 Å². The van der Waals surface area contributed by atoms with Crippen LogP contribution in [0.5, 0.6) is 0 Å². The van der Waals surface area contributed by atoms with E-state index in [1.165, 1.54) is 11.8 Å². The number of hydrogen-bond acceptors (Lipinski definition) is 2. The summed E-state index contributed by atoms with van der Waals surface area (Å²) < 4.78 is 14.0. The van der Waals surface area contributed by atoms with Crippen molar-refractivity contribution >= 4 is 40.3 Å². The van der Waals surface area contributed by atoms with Gasteiger partial charge < -0.3 is 10.2 Å². The molecule has 4 rings (SSSR count). The number of amidine groups is 1. The van der Waals surface area contributed by atoms with Gasteiger partial charge in [0, 0.05) is 23.2 Å². The molecule has 1 aliphatic heterocycles. The zero-order valence-electron chi connectivity index (χ0n) is 18.2. The van der Waals surface area contributed by atoms with E-state index in [9.17, 15) is 4.39 Å². The molecule has 1 atom stereocenters. The maximum Gasteiger partial charge on any atom is 0.142 e. The summed E-state index contributed by atoms with van der Waals surface area (Å²) in [6, 6.07) is 10.9. The molecule has 1 unspecified atom stereocenters. The molecular formula is C26H28Cl2FN3. The predicted molar refractivity (Wildman–Crippen MR) is 133 cm³/mol. The van der Waals surface area contributed by atoms with Crippen LogP contribution in [0.1, 0.15) is 50.2 Å². The van der Waals surface area contributed by atoms with Gasteiger partial charge in [-0.2, -0.15) is 0 Å². The van der Waals surface area contributed by atoms with E-state index in [0.717, 1.165) is 54.5 Å². The summed E-state index contributed by atoms with van der Waals surface area (Å²) in [6.07, 6.45) is 9.06. The fourth-order valence-electron chi connectivity index (χ4n) is 4.58. The summed E-state index contributed by atoms with van der Waals surface area (Å²) in [5.41, 5.74) is 5.18. The largest absolute Gasteiger partial charge is 0.306 e. The number of rotatable bonds is 5. The van der Waals surface area contributed by atoms with Gasteiger partial charge in [0.1, 0.15) is 11.7 Å². The smallest absolute Gasteiger partial charge is 0.142 e. The normalized spacial score (nSPS) is 19.4. The molecule has 0 fully saturated rings. The SMILES string of the molecule is CCC/C=C(\C1CC=C(c2cccc(F)c2Cl)CC1)N1C(=N)CNCc2cc(Cl)ccc21. The third kappa shape index (κ3) is 4.78. The molecule has 168 valence electrons. The van der Waals surface area contributed by atoms with Crippen molar-refractivity contribution in [2.24, 2.45) is 5.92 Å². The van der Waals surface area contributed by atoms with Gasteiger partial charge in [-0.1, -0.05) is 60.8 Å². The first-order chi connectivity index (χ1) is 15.5. The van der Waals surface area contributed by atoms with Gasteiger partial charge in [0.25, 0.3) is 0 Å². The van der Waals surface area contributed by atoms with Crippen LogP contribution in [0.2, 0.25) is 10.0 Å². The maximum atomic E-state index is 14.0. The first kappa shape index (κ1) is 23.0. The summed E-state index contributed by atoms with van der Waals surface area (Å²) in [6.45, 7) is 3.35. The lowest BCUT2D eigenvalue weighted by Gasteiger charge is -2.34. The monoisotopic (exact) mass is 471 g/mol. The zero-order chi connectivity index (χ0) is 22.7. The van der Waals surface area contributed by atoms with Crippen LogP contribution in [0.25, 0.3) is 5.57 Å². The van der Waals surface area contributed by atoms with Gasteiger partial charge in [0.05, 0.1) is 17.3 Å². The van der Waals surface area contributed by atoms with E-state index >= 15 is 0 Å². The molecule has 0 amide bonds. The van der Waals surface area contributed by atoms with Gasteiger partial charge in [-0.15, -0.1) is 0 Å². The molecule has 0 saturated heterocycles. The van der Waals surface area contributed by atoms with Gasteiger partial charge in [0.2, 0.25) is 0 Å². The van der Waals surface area contributed by atoms with Crippen LogP contribution in [-0.4, -0.2) is 12.4 Å². The Hall–Kier alpha value is -2.14. The minimum absolute atomic E-state index is 0.199. The summed E-state index contributed by atoms with van der Waals surface area (Å²) in [7, 11) is 0. The molecule has 2 N–H and O–H groups in total. The fraction of sp³-hybridized carbons (Fsp3) is 0.346. The lowest BCUT2D eigenvalue weighted by atomic mass is 9.83. The molecule has 0 bridgehead atoms. The van der Waals surface area contributed by atoms with Gasteiger partial charge >= 0.3 is 0 Å². The topological polar surface area (TPSA) is 39.1 Å². The second-order valence-corrected chi connectivity index (χ2v) is 9.19. The molecule has 0 spiro atoms. The van der Waals surface area contributed by atoms with Gasteiger partial charge in [-0.25, -0.2) is 4.39 Å². The quantitative estimate of drug-likeness (QED) is 0.471.